The zero-order valence-corrected chi connectivity index (χ0v) is 13.7. The van der Waals surface area contributed by atoms with E-state index in [4.69, 9.17) is 0 Å². The van der Waals surface area contributed by atoms with Gasteiger partial charge < -0.3 is 0 Å². The highest BCUT2D eigenvalue weighted by Crippen LogP contribution is 2.28. The van der Waals surface area contributed by atoms with E-state index in [0.29, 0.717) is 18.5 Å². The lowest BCUT2D eigenvalue weighted by atomic mass is 10.0. The molecule has 0 spiro atoms. The van der Waals surface area contributed by atoms with Crippen LogP contribution in [-0.4, -0.2) is 40.9 Å². The molecule has 6 nitrogen and oxygen atoms in total. The van der Waals surface area contributed by atoms with Crippen LogP contribution in [-0.2, 0) is 17.1 Å². The molecule has 1 fully saturated rings. The summed E-state index contributed by atoms with van der Waals surface area (Å²) in [5, 5.41) is 3.93. The highest BCUT2D eigenvalue weighted by Gasteiger charge is 2.37. The van der Waals surface area contributed by atoms with E-state index in [2.05, 4.69) is 5.10 Å². The van der Waals surface area contributed by atoms with Crippen LogP contribution in [0.3, 0.4) is 0 Å². The van der Waals surface area contributed by atoms with E-state index in [1.165, 1.54) is 21.4 Å². The molecule has 0 bridgehead atoms. The van der Waals surface area contributed by atoms with E-state index >= 15 is 0 Å². The van der Waals surface area contributed by atoms with Crippen LogP contribution >= 0.6 is 0 Å². The van der Waals surface area contributed by atoms with Crippen molar-refractivity contribution >= 4 is 15.8 Å². The van der Waals surface area contributed by atoms with Crippen molar-refractivity contribution in [2.75, 3.05) is 6.54 Å². The molecule has 1 aliphatic rings. The number of nitrogens with zero attached hydrogens (tertiary/aromatic N) is 3. The third kappa shape index (κ3) is 3.20. The van der Waals surface area contributed by atoms with E-state index in [-0.39, 0.29) is 23.1 Å². The van der Waals surface area contributed by atoms with Gasteiger partial charge in [0.1, 0.15) is 4.90 Å². The summed E-state index contributed by atoms with van der Waals surface area (Å²) < 4.78 is 28.4. The van der Waals surface area contributed by atoms with Crippen LogP contribution in [0.25, 0.3) is 0 Å². The Bertz CT molecular complexity index is 799. The summed E-state index contributed by atoms with van der Waals surface area (Å²) >= 11 is 0. The Morgan fingerprint density at radius 1 is 1.30 bits per heavy atom. The summed E-state index contributed by atoms with van der Waals surface area (Å²) in [5.41, 5.74) is 0.623. The van der Waals surface area contributed by atoms with Crippen molar-refractivity contribution in [3.63, 3.8) is 0 Å². The molecule has 0 radical (unpaired) electrons. The van der Waals surface area contributed by atoms with Gasteiger partial charge in [0.05, 0.1) is 6.20 Å². The zero-order valence-electron chi connectivity index (χ0n) is 12.9. The summed E-state index contributed by atoms with van der Waals surface area (Å²) in [5.74, 6) is -0.0242. The van der Waals surface area contributed by atoms with E-state index in [1.54, 1.807) is 19.2 Å². The summed E-state index contributed by atoms with van der Waals surface area (Å²) in [7, 11) is -1.92. The SMILES string of the molecule is Cn1cc(S(=O)(=O)N2CCCC2CC(=O)c2ccccc2)cn1. The summed E-state index contributed by atoms with van der Waals surface area (Å²) in [6, 6.07) is 8.71. The van der Waals surface area contributed by atoms with Crippen LogP contribution in [0.1, 0.15) is 29.6 Å². The van der Waals surface area contributed by atoms with Gasteiger partial charge in [0, 0.05) is 37.8 Å². The molecule has 2 heterocycles. The fraction of sp³-hybridized carbons (Fsp3) is 0.375. The molecule has 1 aromatic carbocycles. The van der Waals surface area contributed by atoms with Gasteiger partial charge in [-0.3, -0.25) is 9.48 Å². The lowest BCUT2D eigenvalue weighted by molar-refractivity contribution is 0.0961. The molecule has 3 rings (SSSR count). The van der Waals surface area contributed by atoms with Gasteiger partial charge in [-0.05, 0) is 12.8 Å². The predicted octanol–water partition coefficient (Wildman–Crippen LogP) is 1.85. The Hall–Kier alpha value is -1.99. The van der Waals surface area contributed by atoms with Gasteiger partial charge in [0.2, 0.25) is 10.0 Å². The normalized spacial score (nSPS) is 19.1. The molecular weight excluding hydrogens is 314 g/mol. The minimum absolute atomic E-state index is 0.0242. The second kappa shape index (κ2) is 6.25. The number of ketones is 1. The number of aryl methyl sites for hydroxylation is 1. The minimum Gasteiger partial charge on any atom is -0.294 e. The summed E-state index contributed by atoms with van der Waals surface area (Å²) in [6.07, 6.45) is 4.53. The summed E-state index contributed by atoms with van der Waals surface area (Å²) in [6.45, 7) is 0.448. The van der Waals surface area contributed by atoms with E-state index in [9.17, 15) is 13.2 Å². The molecule has 23 heavy (non-hydrogen) atoms. The van der Waals surface area contributed by atoms with Crippen molar-refractivity contribution in [2.24, 2.45) is 7.05 Å². The van der Waals surface area contributed by atoms with Crippen LogP contribution < -0.4 is 0 Å². The first-order valence-corrected chi connectivity index (χ1v) is 9.01. The molecule has 7 heteroatoms. The van der Waals surface area contributed by atoms with E-state index < -0.39 is 10.0 Å². The number of carbonyl (C=O) groups is 1. The standard InChI is InChI=1S/C16H19N3O3S/c1-18-12-15(11-17-18)23(21,22)19-9-5-8-14(19)10-16(20)13-6-3-2-4-7-13/h2-4,6-7,11-12,14H,5,8-10H2,1H3. The topological polar surface area (TPSA) is 72.3 Å². The molecule has 0 N–H and O–H groups in total. The van der Waals surface area contributed by atoms with Gasteiger partial charge in [-0.1, -0.05) is 30.3 Å². The number of aromatic nitrogens is 2. The van der Waals surface area contributed by atoms with Crippen molar-refractivity contribution in [1.82, 2.24) is 14.1 Å². The number of hydrogen-bond donors (Lipinski definition) is 0. The third-order valence-electron chi connectivity index (χ3n) is 4.13. The first-order chi connectivity index (χ1) is 11.0. The molecular formula is C16H19N3O3S. The lowest BCUT2D eigenvalue weighted by Crippen LogP contribution is -2.36. The van der Waals surface area contributed by atoms with E-state index in [0.717, 1.165) is 6.42 Å². The van der Waals surface area contributed by atoms with Gasteiger partial charge in [-0.2, -0.15) is 9.40 Å². The van der Waals surface area contributed by atoms with Crippen molar-refractivity contribution in [2.45, 2.75) is 30.2 Å². The molecule has 122 valence electrons. The Morgan fingerprint density at radius 2 is 2.04 bits per heavy atom. The Kier molecular flexibility index (Phi) is 4.32. The zero-order chi connectivity index (χ0) is 16.4. The van der Waals surface area contributed by atoms with Gasteiger partial charge in [-0.15, -0.1) is 0 Å². The van der Waals surface area contributed by atoms with Crippen LogP contribution in [0.2, 0.25) is 0 Å². The van der Waals surface area contributed by atoms with Crippen LogP contribution in [0.15, 0.2) is 47.6 Å². The van der Waals surface area contributed by atoms with Gasteiger partial charge in [0.15, 0.2) is 5.78 Å². The molecule has 0 amide bonds. The maximum Gasteiger partial charge on any atom is 0.246 e. The lowest BCUT2D eigenvalue weighted by Gasteiger charge is -2.22. The Balaban J connectivity index is 1.79. The molecule has 1 saturated heterocycles. The number of hydrogen-bond acceptors (Lipinski definition) is 4. The highest BCUT2D eigenvalue weighted by molar-refractivity contribution is 7.89. The maximum absolute atomic E-state index is 12.7. The first-order valence-electron chi connectivity index (χ1n) is 7.57. The fourth-order valence-electron chi connectivity index (χ4n) is 2.95. The molecule has 0 saturated carbocycles. The van der Waals surface area contributed by atoms with Crippen molar-refractivity contribution in [3.8, 4) is 0 Å². The van der Waals surface area contributed by atoms with Crippen molar-refractivity contribution < 1.29 is 13.2 Å². The Morgan fingerprint density at radius 3 is 2.70 bits per heavy atom. The number of Topliss-reactive ketones (excluding diaryl/α,β-unsaturated/α-hetero) is 1. The number of rotatable bonds is 5. The van der Waals surface area contributed by atoms with Crippen molar-refractivity contribution in [1.29, 1.82) is 0 Å². The van der Waals surface area contributed by atoms with E-state index in [1.807, 2.05) is 18.2 Å². The van der Waals surface area contributed by atoms with Gasteiger partial charge in [0.25, 0.3) is 0 Å². The molecule has 1 aliphatic heterocycles. The van der Waals surface area contributed by atoms with Gasteiger partial charge >= 0.3 is 0 Å². The number of carbonyl (C=O) groups excluding carboxylic acids is 1. The highest BCUT2D eigenvalue weighted by atomic mass is 32.2. The molecule has 2 aromatic rings. The molecule has 0 aliphatic carbocycles. The fourth-order valence-corrected chi connectivity index (χ4v) is 4.63. The summed E-state index contributed by atoms with van der Waals surface area (Å²) in [4.78, 5) is 12.6. The molecule has 1 unspecified atom stereocenters. The quantitative estimate of drug-likeness (QED) is 0.783. The average Bonchev–Trinajstić information content (AvgIpc) is 3.17. The van der Waals surface area contributed by atoms with Crippen LogP contribution in [0.5, 0.6) is 0 Å². The molecule has 1 atom stereocenters. The van der Waals surface area contributed by atoms with Crippen LogP contribution in [0, 0.1) is 0 Å². The second-order valence-corrected chi connectivity index (χ2v) is 7.65. The molecule has 1 aromatic heterocycles. The average molecular weight is 333 g/mol. The minimum atomic E-state index is -3.60. The second-order valence-electron chi connectivity index (χ2n) is 5.75. The number of benzene rings is 1. The Labute approximate surface area is 135 Å². The predicted molar refractivity (Wildman–Crippen MR) is 85.5 cm³/mol. The third-order valence-corrected chi connectivity index (χ3v) is 6.03. The number of sulfonamides is 1. The van der Waals surface area contributed by atoms with Gasteiger partial charge in [-0.25, -0.2) is 8.42 Å². The smallest absolute Gasteiger partial charge is 0.246 e. The monoisotopic (exact) mass is 333 g/mol. The van der Waals surface area contributed by atoms with Crippen molar-refractivity contribution in [3.05, 3.63) is 48.3 Å². The first kappa shape index (κ1) is 15.9. The van der Waals surface area contributed by atoms with Crippen LogP contribution in [0.4, 0.5) is 0 Å². The maximum atomic E-state index is 12.7. The largest absolute Gasteiger partial charge is 0.294 e.